The van der Waals surface area contributed by atoms with Gasteiger partial charge in [-0.3, -0.25) is 0 Å². The topological polar surface area (TPSA) is 45.5 Å². The first-order valence-corrected chi connectivity index (χ1v) is 11.4. The zero-order valence-electron chi connectivity index (χ0n) is 16.5. The van der Waals surface area contributed by atoms with Crippen molar-refractivity contribution < 1.29 is 9.47 Å². The molecular formula is C24H25BrN2O2. The van der Waals surface area contributed by atoms with E-state index in [1.165, 1.54) is 41.5 Å². The molecule has 1 aliphatic carbocycles. The van der Waals surface area contributed by atoms with E-state index < -0.39 is 5.79 Å². The van der Waals surface area contributed by atoms with Crippen LogP contribution >= 0.6 is 15.9 Å². The SMILES string of the molecule is N#Cc1c(N2CCCCC2)cc(-c2ccc(Br)cc2)c2c1CCC1(C2)OCCO1. The van der Waals surface area contributed by atoms with Gasteiger partial charge in [-0.15, -0.1) is 0 Å². The highest BCUT2D eigenvalue weighted by Crippen LogP contribution is 2.44. The molecule has 0 atom stereocenters. The first kappa shape index (κ1) is 19.1. The van der Waals surface area contributed by atoms with Crippen molar-refractivity contribution in [2.45, 2.75) is 44.3 Å². The van der Waals surface area contributed by atoms with E-state index >= 15 is 0 Å². The van der Waals surface area contributed by atoms with E-state index in [9.17, 15) is 5.26 Å². The van der Waals surface area contributed by atoms with Crippen molar-refractivity contribution in [1.82, 2.24) is 0 Å². The predicted molar refractivity (Wildman–Crippen MR) is 117 cm³/mol. The average molecular weight is 453 g/mol. The van der Waals surface area contributed by atoms with Gasteiger partial charge in [-0.2, -0.15) is 5.26 Å². The lowest BCUT2D eigenvalue weighted by Crippen LogP contribution is -2.38. The number of ether oxygens (including phenoxy) is 2. The van der Waals surface area contributed by atoms with Crippen LogP contribution in [0.4, 0.5) is 5.69 Å². The fourth-order valence-electron chi connectivity index (χ4n) is 5.05. The molecule has 2 aliphatic heterocycles. The molecule has 0 N–H and O–H groups in total. The van der Waals surface area contributed by atoms with E-state index in [-0.39, 0.29) is 0 Å². The van der Waals surface area contributed by atoms with Crippen LogP contribution in [-0.2, 0) is 22.3 Å². The zero-order valence-corrected chi connectivity index (χ0v) is 18.1. The third-order valence-electron chi connectivity index (χ3n) is 6.51. The molecule has 5 rings (SSSR count). The van der Waals surface area contributed by atoms with E-state index in [4.69, 9.17) is 9.47 Å². The summed E-state index contributed by atoms with van der Waals surface area (Å²) in [6.07, 6.45) is 6.02. The lowest BCUT2D eigenvalue weighted by Gasteiger charge is -2.37. The third kappa shape index (κ3) is 3.48. The number of nitriles is 1. The lowest BCUT2D eigenvalue weighted by molar-refractivity contribution is -0.163. The summed E-state index contributed by atoms with van der Waals surface area (Å²) in [5, 5.41) is 10.1. The summed E-state index contributed by atoms with van der Waals surface area (Å²) in [4.78, 5) is 2.41. The first-order chi connectivity index (χ1) is 14.2. The molecule has 0 amide bonds. The average Bonchev–Trinajstić information content (AvgIpc) is 3.21. The summed E-state index contributed by atoms with van der Waals surface area (Å²) in [6, 6.07) is 13.3. The first-order valence-electron chi connectivity index (χ1n) is 10.6. The minimum absolute atomic E-state index is 0.517. The number of benzene rings is 2. The lowest BCUT2D eigenvalue weighted by atomic mass is 9.79. The molecular weight excluding hydrogens is 428 g/mol. The number of piperidine rings is 1. The van der Waals surface area contributed by atoms with Gasteiger partial charge in [0.25, 0.3) is 0 Å². The van der Waals surface area contributed by atoms with Crippen molar-refractivity contribution in [3.05, 3.63) is 51.5 Å². The molecule has 150 valence electrons. The summed E-state index contributed by atoms with van der Waals surface area (Å²) in [7, 11) is 0. The van der Waals surface area contributed by atoms with E-state index in [1.807, 2.05) is 0 Å². The molecule has 0 aromatic heterocycles. The fraction of sp³-hybridized carbons (Fsp3) is 0.458. The van der Waals surface area contributed by atoms with Crippen molar-refractivity contribution >= 4 is 21.6 Å². The summed E-state index contributed by atoms with van der Waals surface area (Å²) in [5.74, 6) is -0.517. The standard InChI is InChI=1S/C24H25BrN2O2/c25-18-6-4-17(5-7-18)20-14-23(27-10-2-1-3-11-27)22(16-26)19-8-9-24(15-21(19)20)28-12-13-29-24/h4-7,14H,1-3,8-13,15H2. The number of anilines is 1. The summed E-state index contributed by atoms with van der Waals surface area (Å²) < 4.78 is 13.2. The van der Waals surface area contributed by atoms with Crippen LogP contribution in [0.5, 0.6) is 0 Å². The molecule has 0 radical (unpaired) electrons. The predicted octanol–water partition coefficient (Wildman–Crippen LogP) is 5.21. The molecule has 0 unspecified atom stereocenters. The van der Waals surface area contributed by atoms with Gasteiger partial charge in [0.05, 0.1) is 24.5 Å². The number of hydrogen-bond acceptors (Lipinski definition) is 4. The molecule has 2 heterocycles. The second-order valence-electron chi connectivity index (χ2n) is 8.23. The van der Waals surface area contributed by atoms with Gasteiger partial charge in [0.1, 0.15) is 6.07 Å². The van der Waals surface area contributed by atoms with Crippen LogP contribution in [0.25, 0.3) is 11.1 Å². The number of halogens is 1. The monoisotopic (exact) mass is 452 g/mol. The van der Waals surface area contributed by atoms with Crippen molar-refractivity contribution in [1.29, 1.82) is 5.26 Å². The van der Waals surface area contributed by atoms with Crippen LogP contribution in [0.15, 0.2) is 34.8 Å². The number of rotatable bonds is 2. The van der Waals surface area contributed by atoms with Crippen molar-refractivity contribution in [3.63, 3.8) is 0 Å². The minimum atomic E-state index is -0.517. The van der Waals surface area contributed by atoms with E-state index in [1.54, 1.807) is 0 Å². The highest BCUT2D eigenvalue weighted by molar-refractivity contribution is 9.10. The van der Waals surface area contributed by atoms with Gasteiger partial charge in [0.15, 0.2) is 5.79 Å². The van der Waals surface area contributed by atoms with Crippen LogP contribution in [0, 0.1) is 11.3 Å². The Hall–Kier alpha value is -1.87. The van der Waals surface area contributed by atoms with Crippen LogP contribution in [0.1, 0.15) is 42.4 Å². The molecule has 2 fully saturated rings. The van der Waals surface area contributed by atoms with Crippen molar-refractivity contribution in [2.75, 3.05) is 31.2 Å². The molecule has 2 saturated heterocycles. The molecule has 29 heavy (non-hydrogen) atoms. The Bertz CT molecular complexity index is 952. The molecule has 2 aromatic rings. The molecule has 5 heteroatoms. The summed E-state index contributed by atoms with van der Waals surface area (Å²) in [5.41, 5.74) is 6.77. The van der Waals surface area contributed by atoms with Gasteiger partial charge in [-0.05, 0) is 66.1 Å². The number of nitrogens with zero attached hydrogens (tertiary/aromatic N) is 2. The van der Waals surface area contributed by atoms with Crippen LogP contribution in [0.3, 0.4) is 0 Å². The van der Waals surface area contributed by atoms with Crippen molar-refractivity contribution in [2.24, 2.45) is 0 Å². The number of fused-ring (bicyclic) bond motifs is 1. The maximum atomic E-state index is 10.1. The Morgan fingerprint density at radius 2 is 1.72 bits per heavy atom. The Kier molecular flexibility index (Phi) is 5.11. The van der Waals surface area contributed by atoms with Crippen LogP contribution in [-0.4, -0.2) is 32.1 Å². The van der Waals surface area contributed by atoms with Crippen LogP contribution < -0.4 is 4.90 Å². The Labute approximate surface area is 180 Å². The van der Waals surface area contributed by atoms with Crippen molar-refractivity contribution in [3.8, 4) is 17.2 Å². The third-order valence-corrected chi connectivity index (χ3v) is 7.04. The summed E-state index contributed by atoms with van der Waals surface area (Å²) in [6.45, 7) is 3.37. The Morgan fingerprint density at radius 3 is 2.41 bits per heavy atom. The second-order valence-corrected chi connectivity index (χ2v) is 9.14. The van der Waals surface area contributed by atoms with Gasteiger partial charge >= 0.3 is 0 Å². The van der Waals surface area contributed by atoms with Crippen LogP contribution in [0.2, 0.25) is 0 Å². The molecule has 3 aliphatic rings. The zero-order chi connectivity index (χ0) is 19.8. The van der Waals surface area contributed by atoms with Gasteiger partial charge < -0.3 is 14.4 Å². The summed E-state index contributed by atoms with van der Waals surface area (Å²) >= 11 is 3.55. The molecule has 2 aromatic carbocycles. The highest BCUT2D eigenvalue weighted by Gasteiger charge is 2.42. The van der Waals surface area contributed by atoms with Gasteiger partial charge in [-0.1, -0.05) is 28.1 Å². The minimum Gasteiger partial charge on any atom is -0.370 e. The molecule has 0 saturated carbocycles. The number of hydrogen-bond donors (Lipinski definition) is 0. The maximum absolute atomic E-state index is 10.1. The highest BCUT2D eigenvalue weighted by atomic mass is 79.9. The Balaban J connectivity index is 1.69. The molecule has 1 spiro atoms. The quantitative estimate of drug-likeness (QED) is 0.627. The maximum Gasteiger partial charge on any atom is 0.172 e. The Morgan fingerprint density at radius 1 is 1.00 bits per heavy atom. The molecule has 4 nitrogen and oxygen atoms in total. The second kappa shape index (κ2) is 7.75. The normalized spacial score (nSPS) is 20.5. The van der Waals surface area contributed by atoms with Gasteiger partial charge in [0, 0.05) is 30.4 Å². The van der Waals surface area contributed by atoms with E-state index in [0.717, 1.165) is 41.7 Å². The van der Waals surface area contributed by atoms with Gasteiger partial charge in [-0.25, -0.2) is 0 Å². The fourth-order valence-corrected chi connectivity index (χ4v) is 5.32. The smallest absolute Gasteiger partial charge is 0.172 e. The van der Waals surface area contributed by atoms with Gasteiger partial charge in [0.2, 0.25) is 0 Å². The molecule has 0 bridgehead atoms. The van der Waals surface area contributed by atoms with E-state index in [0.29, 0.717) is 19.6 Å². The largest absolute Gasteiger partial charge is 0.370 e. The van der Waals surface area contributed by atoms with E-state index in [2.05, 4.69) is 57.2 Å².